The van der Waals surface area contributed by atoms with Crippen LogP contribution in [-0.2, 0) is 4.79 Å². The normalized spacial score (nSPS) is 23.6. The van der Waals surface area contributed by atoms with E-state index >= 15 is 0 Å². The summed E-state index contributed by atoms with van der Waals surface area (Å²) < 4.78 is 0. The molecule has 0 spiro atoms. The first-order valence-electron chi connectivity index (χ1n) is 4.34. The fourth-order valence-corrected chi connectivity index (χ4v) is 2.23. The van der Waals surface area contributed by atoms with Gasteiger partial charge in [-0.3, -0.25) is 4.79 Å². The van der Waals surface area contributed by atoms with Crippen LogP contribution in [-0.4, -0.2) is 37.0 Å². The van der Waals surface area contributed by atoms with Gasteiger partial charge in [0.2, 0.25) is 5.91 Å². The van der Waals surface area contributed by atoms with Crippen molar-refractivity contribution in [3.05, 3.63) is 0 Å². The topological polar surface area (TPSA) is 41.1 Å². The number of amides is 1. The zero-order valence-electron chi connectivity index (χ0n) is 7.43. The number of rotatable bonds is 3. The van der Waals surface area contributed by atoms with Gasteiger partial charge in [-0.1, -0.05) is 0 Å². The molecule has 0 bridgehead atoms. The summed E-state index contributed by atoms with van der Waals surface area (Å²) in [7, 11) is 1.69. The molecule has 4 heteroatoms. The van der Waals surface area contributed by atoms with E-state index in [2.05, 4.69) is 10.6 Å². The van der Waals surface area contributed by atoms with Crippen molar-refractivity contribution in [2.24, 2.45) is 0 Å². The van der Waals surface area contributed by atoms with Crippen LogP contribution >= 0.6 is 11.8 Å². The molecular weight excluding hydrogens is 172 g/mol. The molecule has 70 valence electrons. The molecule has 0 aromatic rings. The van der Waals surface area contributed by atoms with Crippen molar-refractivity contribution in [3.63, 3.8) is 0 Å². The van der Waals surface area contributed by atoms with Gasteiger partial charge in [0.1, 0.15) is 0 Å². The van der Waals surface area contributed by atoms with Crippen LogP contribution < -0.4 is 10.6 Å². The Labute approximate surface area is 77.7 Å². The lowest BCUT2D eigenvalue weighted by atomic mass is 10.1. The summed E-state index contributed by atoms with van der Waals surface area (Å²) >= 11 is 1.97. The van der Waals surface area contributed by atoms with Crippen molar-refractivity contribution in [1.82, 2.24) is 10.6 Å². The highest BCUT2D eigenvalue weighted by Crippen LogP contribution is 2.11. The van der Waals surface area contributed by atoms with E-state index in [1.54, 1.807) is 7.05 Å². The first kappa shape index (κ1) is 9.86. The molecule has 1 unspecified atom stereocenters. The molecule has 1 fully saturated rings. The van der Waals surface area contributed by atoms with Crippen LogP contribution in [0.15, 0.2) is 0 Å². The fourth-order valence-electron chi connectivity index (χ4n) is 1.24. The van der Waals surface area contributed by atoms with Crippen molar-refractivity contribution >= 4 is 17.7 Å². The minimum absolute atomic E-state index is 0.146. The standard InChI is InChI=1S/C8H16N2OS/c1-9-8(11)3-2-7-6-12-5-4-10-7/h7,10H,2-6H2,1H3,(H,9,11). The Hall–Kier alpha value is -0.220. The van der Waals surface area contributed by atoms with Crippen molar-refractivity contribution < 1.29 is 4.79 Å². The molecule has 1 heterocycles. The number of carbonyl (C=O) groups is 1. The largest absolute Gasteiger partial charge is 0.359 e. The van der Waals surface area contributed by atoms with E-state index in [-0.39, 0.29) is 5.91 Å². The molecule has 0 aromatic carbocycles. The molecule has 0 aliphatic carbocycles. The van der Waals surface area contributed by atoms with Crippen LogP contribution in [0.5, 0.6) is 0 Å². The van der Waals surface area contributed by atoms with Gasteiger partial charge in [0, 0.05) is 37.6 Å². The van der Waals surface area contributed by atoms with Gasteiger partial charge in [-0.25, -0.2) is 0 Å². The third-order valence-corrected chi connectivity index (χ3v) is 3.13. The van der Waals surface area contributed by atoms with E-state index in [1.807, 2.05) is 11.8 Å². The maximum Gasteiger partial charge on any atom is 0.219 e. The number of hydrogen-bond acceptors (Lipinski definition) is 3. The van der Waals surface area contributed by atoms with E-state index in [9.17, 15) is 4.79 Å². The Balaban J connectivity index is 2.09. The Morgan fingerprint density at radius 1 is 1.75 bits per heavy atom. The first-order valence-corrected chi connectivity index (χ1v) is 5.50. The molecule has 1 rings (SSSR count). The predicted octanol–water partition coefficient (Wildman–Crippen LogP) is 0.218. The van der Waals surface area contributed by atoms with Gasteiger partial charge in [0.05, 0.1) is 0 Å². The lowest BCUT2D eigenvalue weighted by Crippen LogP contribution is -2.38. The van der Waals surface area contributed by atoms with Crippen LogP contribution in [0.1, 0.15) is 12.8 Å². The summed E-state index contributed by atoms with van der Waals surface area (Å²) in [4.78, 5) is 10.9. The van der Waals surface area contributed by atoms with Gasteiger partial charge < -0.3 is 10.6 Å². The molecule has 1 atom stereocenters. The van der Waals surface area contributed by atoms with Crippen LogP contribution in [0.3, 0.4) is 0 Å². The first-order chi connectivity index (χ1) is 5.83. The molecule has 1 aliphatic rings. The molecule has 0 aromatic heterocycles. The van der Waals surface area contributed by atoms with Gasteiger partial charge in [-0.05, 0) is 6.42 Å². The second-order valence-corrected chi connectivity index (χ2v) is 4.09. The smallest absolute Gasteiger partial charge is 0.219 e. The number of nitrogens with one attached hydrogen (secondary N) is 2. The molecule has 3 nitrogen and oxygen atoms in total. The molecule has 2 N–H and O–H groups in total. The van der Waals surface area contributed by atoms with Crippen LogP contribution in [0, 0.1) is 0 Å². The maximum atomic E-state index is 10.9. The van der Waals surface area contributed by atoms with E-state index in [0.717, 1.165) is 18.7 Å². The molecular formula is C8H16N2OS. The van der Waals surface area contributed by atoms with Crippen LogP contribution in [0.4, 0.5) is 0 Å². The molecule has 1 aliphatic heterocycles. The highest BCUT2D eigenvalue weighted by atomic mass is 32.2. The SMILES string of the molecule is CNC(=O)CCC1CSCCN1. The molecule has 1 saturated heterocycles. The van der Waals surface area contributed by atoms with Gasteiger partial charge in [0.25, 0.3) is 0 Å². The van der Waals surface area contributed by atoms with Gasteiger partial charge >= 0.3 is 0 Å². The van der Waals surface area contributed by atoms with E-state index in [0.29, 0.717) is 12.5 Å². The molecule has 12 heavy (non-hydrogen) atoms. The second-order valence-electron chi connectivity index (χ2n) is 2.94. The number of hydrogen-bond donors (Lipinski definition) is 2. The molecule has 0 saturated carbocycles. The minimum Gasteiger partial charge on any atom is -0.359 e. The Bertz CT molecular complexity index is 146. The second kappa shape index (κ2) is 5.43. The Morgan fingerprint density at radius 2 is 2.58 bits per heavy atom. The summed E-state index contributed by atoms with van der Waals surface area (Å²) in [6.45, 7) is 1.09. The summed E-state index contributed by atoms with van der Waals surface area (Å²) in [5.41, 5.74) is 0. The molecule has 1 amide bonds. The molecule has 0 radical (unpaired) electrons. The van der Waals surface area contributed by atoms with Crippen molar-refractivity contribution in [2.45, 2.75) is 18.9 Å². The average Bonchev–Trinajstić information content (AvgIpc) is 2.16. The van der Waals surface area contributed by atoms with Crippen molar-refractivity contribution in [1.29, 1.82) is 0 Å². The third-order valence-electron chi connectivity index (χ3n) is 2.00. The van der Waals surface area contributed by atoms with Crippen molar-refractivity contribution in [3.8, 4) is 0 Å². The van der Waals surface area contributed by atoms with Gasteiger partial charge in [-0.15, -0.1) is 0 Å². The summed E-state index contributed by atoms with van der Waals surface area (Å²) in [5.74, 6) is 2.50. The number of thioether (sulfide) groups is 1. The average molecular weight is 188 g/mol. The van der Waals surface area contributed by atoms with E-state index in [4.69, 9.17) is 0 Å². The van der Waals surface area contributed by atoms with Crippen molar-refractivity contribution in [2.75, 3.05) is 25.1 Å². The zero-order valence-corrected chi connectivity index (χ0v) is 8.25. The number of carbonyl (C=O) groups excluding carboxylic acids is 1. The quantitative estimate of drug-likeness (QED) is 0.665. The van der Waals surface area contributed by atoms with Gasteiger partial charge in [0.15, 0.2) is 0 Å². The summed E-state index contributed by atoms with van der Waals surface area (Å²) in [6, 6.07) is 0.543. The minimum atomic E-state index is 0.146. The third kappa shape index (κ3) is 3.45. The van der Waals surface area contributed by atoms with Crippen LogP contribution in [0.25, 0.3) is 0 Å². The van der Waals surface area contributed by atoms with E-state index < -0.39 is 0 Å². The lowest BCUT2D eigenvalue weighted by molar-refractivity contribution is -0.120. The Kier molecular flexibility index (Phi) is 4.46. The van der Waals surface area contributed by atoms with E-state index in [1.165, 1.54) is 5.75 Å². The van der Waals surface area contributed by atoms with Gasteiger partial charge in [-0.2, -0.15) is 11.8 Å². The Morgan fingerprint density at radius 3 is 3.17 bits per heavy atom. The zero-order chi connectivity index (χ0) is 8.81. The highest BCUT2D eigenvalue weighted by Gasteiger charge is 2.13. The highest BCUT2D eigenvalue weighted by molar-refractivity contribution is 7.99. The predicted molar refractivity (Wildman–Crippen MR) is 52.4 cm³/mol. The lowest BCUT2D eigenvalue weighted by Gasteiger charge is -2.22. The summed E-state index contributed by atoms with van der Waals surface area (Å²) in [5, 5.41) is 6.03. The van der Waals surface area contributed by atoms with Crippen LogP contribution in [0.2, 0.25) is 0 Å². The fraction of sp³-hybridized carbons (Fsp3) is 0.875. The monoisotopic (exact) mass is 188 g/mol. The maximum absolute atomic E-state index is 10.9. The summed E-state index contributed by atoms with van der Waals surface area (Å²) in [6.07, 6.45) is 1.61.